The molecule has 2 aromatic carbocycles. The molecule has 0 radical (unpaired) electrons. The Kier molecular flexibility index (Phi) is 8.51. The first-order valence-electron chi connectivity index (χ1n) is 12.7. The van der Waals surface area contributed by atoms with Gasteiger partial charge in [0, 0.05) is 25.3 Å². The zero-order valence-electron chi connectivity index (χ0n) is 23.4. The molecule has 0 saturated heterocycles. The van der Waals surface area contributed by atoms with E-state index in [-0.39, 0.29) is 17.1 Å². The van der Waals surface area contributed by atoms with E-state index in [1.807, 2.05) is 0 Å². The number of ether oxygens (including phenoxy) is 1. The number of aliphatic hydroxyl groups excluding tert-OH is 1. The molecule has 3 rings (SSSR count). The van der Waals surface area contributed by atoms with Crippen LogP contribution in [-0.4, -0.2) is 98.7 Å². The minimum Gasteiger partial charge on any atom is -0.507 e. The van der Waals surface area contributed by atoms with Crippen LogP contribution in [0, 0.1) is 6.92 Å². The number of phenols is 1. The summed E-state index contributed by atoms with van der Waals surface area (Å²) in [7, 11) is 2.90. The van der Waals surface area contributed by atoms with Gasteiger partial charge in [-0.15, -0.1) is 0 Å². The van der Waals surface area contributed by atoms with Gasteiger partial charge in [-0.05, 0) is 51.5 Å². The maximum atomic E-state index is 13.0. The fourth-order valence-corrected chi connectivity index (χ4v) is 5.44. The third-order valence-electron chi connectivity index (χ3n) is 7.90. The predicted molar refractivity (Wildman–Crippen MR) is 147 cm³/mol. The van der Waals surface area contributed by atoms with E-state index in [0.29, 0.717) is 16.8 Å². The molecule has 218 valence electrons. The first-order chi connectivity index (χ1) is 18.5. The summed E-state index contributed by atoms with van der Waals surface area (Å²) in [6, 6.07) is 7.34. The van der Waals surface area contributed by atoms with Gasteiger partial charge in [0.25, 0.3) is 0 Å². The lowest BCUT2D eigenvalue weighted by Crippen LogP contribution is -2.76. The molecule has 0 aliphatic heterocycles. The van der Waals surface area contributed by atoms with Crippen molar-refractivity contribution in [2.45, 2.75) is 62.6 Å². The third-order valence-corrected chi connectivity index (χ3v) is 7.90. The van der Waals surface area contributed by atoms with E-state index in [4.69, 9.17) is 10.5 Å². The van der Waals surface area contributed by atoms with E-state index < -0.39 is 53.5 Å². The molecular formula is C28H38N4O8. The smallest absolute Gasteiger partial charge is 0.342 e. The number of carbonyl (C=O) groups is 3. The first-order valence-corrected chi connectivity index (χ1v) is 12.7. The number of hydrogen-bond acceptors (Lipinski definition) is 10. The molecule has 1 saturated carbocycles. The van der Waals surface area contributed by atoms with Crippen LogP contribution in [0.5, 0.6) is 5.75 Å². The van der Waals surface area contributed by atoms with Gasteiger partial charge < -0.3 is 46.4 Å². The highest BCUT2D eigenvalue weighted by molar-refractivity contribution is 5.95. The van der Waals surface area contributed by atoms with Crippen LogP contribution in [0.3, 0.4) is 0 Å². The van der Waals surface area contributed by atoms with E-state index in [2.05, 4.69) is 10.6 Å². The minimum absolute atomic E-state index is 0.130. The number of aromatic hydroxyl groups is 1. The van der Waals surface area contributed by atoms with E-state index in [1.54, 1.807) is 37.3 Å². The Morgan fingerprint density at radius 2 is 1.77 bits per heavy atom. The Hall–Kier alpha value is -3.71. The second-order valence-corrected chi connectivity index (χ2v) is 10.7. The van der Waals surface area contributed by atoms with Gasteiger partial charge in [-0.25, -0.2) is 9.59 Å². The van der Waals surface area contributed by atoms with Crippen molar-refractivity contribution < 1.29 is 39.5 Å². The molecule has 2 amide bonds. The summed E-state index contributed by atoms with van der Waals surface area (Å²) in [6.45, 7) is 4.62. The number of aliphatic hydroxyl groups is 3. The summed E-state index contributed by atoms with van der Waals surface area (Å²) in [6.07, 6.45) is -1.51. The lowest BCUT2D eigenvalue weighted by atomic mass is 9.73. The SMILES string of the molecule is CC(=O)c1cccc(N[C@H]2[C@H](N)[C@@](NC(=O)N(C)C)([C@@H](C)O)[C@@](C)(O)[C@@]2(O)COC(=O)c2c(C)cccc2O)c1. The van der Waals surface area contributed by atoms with Crippen LogP contribution in [0.25, 0.3) is 0 Å². The molecule has 12 nitrogen and oxygen atoms in total. The summed E-state index contributed by atoms with van der Waals surface area (Å²) in [5.74, 6) is -1.53. The topological polar surface area (TPSA) is 195 Å². The summed E-state index contributed by atoms with van der Waals surface area (Å²) in [5.41, 5.74) is 0.728. The normalized spacial score (nSPS) is 28.4. The van der Waals surface area contributed by atoms with Gasteiger partial charge in [-0.3, -0.25) is 4.79 Å². The predicted octanol–water partition coefficient (Wildman–Crippen LogP) is 0.755. The Morgan fingerprint density at radius 1 is 1.15 bits per heavy atom. The Labute approximate surface area is 232 Å². The lowest BCUT2D eigenvalue weighted by Gasteiger charge is -2.48. The quantitative estimate of drug-likeness (QED) is 0.179. The number of rotatable bonds is 8. The molecular weight excluding hydrogens is 520 g/mol. The highest BCUT2D eigenvalue weighted by Gasteiger charge is 2.76. The van der Waals surface area contributed by atoms with Crippen molar-refractivity contribution >= 4 is 23.5 Å². The van der Waals surface area contributed by atoms with Crippen LogP contribution in [0.4, 0.5) is 10.5 Å². The van der Waals surface area contributed by atoms with Crippen molar-refractivity contribution in [3.05, 3.63) is 59.2 Å². The Morgan fingerprint density at radius 3 is 2.33 bits per heavy atom. The Balaban J connectivity index is 2.13. The van der Waals surface area contributed by atoms with Crippen molar-refractivity contribution in [1.82, 2.24) is 10.2 Å². The highest BCUT2D eigenvalue weighted by atomic mass is 16.5. The molecule has 0 unspecified atom stereocenters. The van der Waals surface area contributed by atoms with Crippen molar-refractivity contribution in [3.8, 4) is 5.75 Å². The van der Waals surface area contributed by atoms with Gasteiger partial charge in [-0.1, -0.05) is 24.3 Å². The fourth-order valence-electron chi connectivity index (χ4n) is 5.44. The van der Waals surface area contributed by atoms with Crippen LogP contribution in [0.2, 0.25) is 0 Å². The number of nitrogens with two attached hydrogens (primary N) is 1. The number of hydrogen-bond donors (Lipinski definition) is 7. The standard InChI is InChI=1S/C28H38N4O8/c1-15-9-7-12-20(35)21(15)24(36)40-14-27(39)23(30-19-11-8-10-18(13-19)16(2)33)22(29)28(17(3)34,26(27,4)38)31-25(37)32(5)6/h7-13,17,22-23,30,34-35,38-39H,14,29H2,1-6H3,(H,31,37)/t17-,22+,23+,26+,27-,28+/m1/s1. The number of phenolic OH excluding ortho intramolecular Hbond substituents is 1. The molecule has 0 heterocycles. The zero-order chi connectivity index (χ0) is 30.2. The zero-order valence-corrected chi connectivity index (χ0v) is 23.4. The van der Waals surface area contributed by atoms with Crippen LogP contribution >= 0.6 is 0 Å². The molecule has 8 N–H and O–H groups in total. The van der Waals surface area contributed by atoms with Gasteiger partial charge in [0.05, 0.1) is 18.2 Å². The molecule has 40 heavy (non-hydrogen) atoms. The number of anilines is 1. The van der Waals surface area contributed by atoms with E-state index in [1.165, 1.54) is 51.9 Å². The lowest BCUT2D eigenvalue weighted by molar-refractivity contribution is -0.186. The largest absolute Gasteiger partial charge is 0.507 e. The van der Waals surface area contributed by atoms with Crippen molar-refractivity contribution in [2.75, 3.05) is 26.0 Å². The van der Waals surface area contributed by atoms with Gasteiger partial charge in [0.15, 0.2) is 11.4 Å². The van der Waals surface area contributed by atoms with Crippen molar-refractivity contribution in [1.29, 1.82) is 0 Å². The number of amides is 2. The second-order valence-electron chi connectivity index (χ2n) is 10.7. The van der Waals surface area contributed by atoms with E-state index in [0.717, 1.165) is 0 Å². The summed E-state index contributed by atoms with van der Waals surface area (Å²) in [4.78, 5) is 39.0. The Bertz CT molecular complexity index is 1280. The number of carbonyl (C=O) groups excluding carboxylic acids is 3. The number of Topliss-reactive ketones (excluding diaryl/α,β-unsaturated/α-hetero) is 1. The summed E-state index contributed by atoms with van der Waals surface area (Å²) in [5, 5.41) is 51.1. The summed E-state index contributed by atoms with van der Waals surface area (Å²) < 4.78 is 5.45. The van der Waals surface area contributed by atoms with Crippen LogP contribution < -0.4 is 16.4 Å². The summed E-state index contributed by atoms with van der Waals surface area (Å²) >= 11 is 0. The van der Waals surface area contributed by atoms with Crippen LogP contribution in [0.1, 0.15) is 47.1 Å². The van der Waals surface area contributed by atoms with E-state index in [9.17, 15) is 34.8 Å². The highest BCUT2D eigenvalue weighted by Crippen LogP contribution is 2.49. The molecule has 1 fully saturated rings. The number of nitrogens with one attached hydrogen (secondary N) is 2. The third kappa shape index (κ3) is 4.99. The fraction of sp³-hybridized carbons (Fsp3) is 0.464. The molecule has 1 aliphatic carbocycles. The molecule has 1 aliphatic rings. The molecule has 12 heteroatoms. The second kappa shape index (κ2) is 11.0. The maximum absolute atomic E-state index is 13.0. The van der Waals surface area contributed by atoms with Crippen LogP contribution in [0.15, 0.2) is 42.5 Å². The number of ketones is 1. The molecule has 6 atom stereocenters. The molecule has 0 bridgehead atoms. The number of nitrogens with zero attached hydrogens (tertiary/aromatic N) is 1. The monoisotopic (exact) mass is 558 g/mol. The van der Waals surface area contributed by atoms with Gasteiger partial charge in [-0.2, -0.15) is 0 Å². The number of urea groups is 1. The number of aryl methyl sites for hydroxylation is 1. The molecule has 0 spiro atoms. The molecule has 2 aromatic rings. The van der Waals surface area contributed by atoms with Gasteiger partial charge in [0.1, 0.15) is 29.1 Å². The number of benzene rings is 2. The maximum Gasteiger partial charge on any atom is 0.342 e. The van der Waals surface area contributed by atoms with Gasteiger partial charge >= 0.3 is 12.0 Å². The van der Waals surface area contributed by atoms with Gasteiger partial charge in [0.2, 0.25) is 0 Å². The first kappa shape index (κ1) is 30.8. The average molecular weight is 559 g/mol. The minimum atomic E-state index is -2.43. The van der Waals surface area contributed by atoms with Crippen molar-refractivity contribution in [2.24, 2.45) is 5.73 Å². The van der Waals surface area contributed by atoms with E-state index >= 15 is 0 Å². The average Bonchev–Trinajstić information content (AvgIpc) is 2.99. The van der Waals surface area contributed by atoms with Crippen LogP contribution in [-0.2, 0) is 4.74 Å². The number of esters is 1. The molecule has 0 aromatic heterocycles. The van der Waals surface area contributed by atoms with Crippen molar-refractivity contribution in [3.63, 3.8) is 0 Å².